The number of hydrogen-bond acceptors (Lipinski definition) is 4. The number of rotatable bonds is 5. The lowest BCUT2D eigenvalue weighted by Gasteiger charge is -2.39. The minimum atomic E-state index is -1.21. The van der Waals surface area contributed by atoms with E-state index in [1.54, 1.807) is 19.3 Å². The summed E-state index contributed by atoms with van der Waals surface area (Å²) >= 11 is 0. The monoisotopic (exact) mass is 356 g/mol. The zero-order valence-corrected chi connectivity index (χ0v) is 14.9. The van der Waals surface area contributed by atoms with Crippen molar-refractivity contribution in [2.75, 3.05) is 19.8 Å². The molecule has 2 aromatic rings. The Labute approximate surface area is 152 Å². The number of nitrogens with zero attached hydrogens (tertiary/aromatic N) is 1. The molecule has 26 heavy (non-hydrogen) atoms. The zero-order valence-electron chi connectivity index (χ0n) is 14.9. The third-order valence-corrected chi connectivity index (χ3v) is 5.06. The fraction of sp³-hybridized carbons (Fsp3) is 0.400. The van der Waals surface area contributed by atoms with Crippen molar-refractivity contribution in [3.63, 3.8) is 0 Å². The van der Waals surface area contributed by atoms with Crippen LogP contribution >= 0.6 is 0 Å². The van der Waals surface area contributed by atoms with Crippen LogP contribution < -0.4 is 10.9 Å². The molecule has 1 amide bonds. The van der Waals surface area contributed by atoms with Crippen LogP contribution in [0.5, 0.6) is 0 Å². The number of amides is 1. The van der Waals surface area contributed by atoms with Gasteiger partial charge in [0, 0.05) is 26.5 Å². The third kappa shape index (κ3) is 3.71. The van der Waals surface area contributed by atoms with Crippen LogP contribution in [0.3, 0.4) is 0 Å². The minimum absolute atomic E-state index is 0.0300. The summed E-state index contributed by atoms with van der Waals surface area (Å²) in [5, 5.41) is 14.2. The Morgan fingerprint density at radius 1 is 1.23 bits per heavy atom. The quantitative estimate of drug-likeness (QED) is 0.849. The molecule has 2 heterocycles. The Morgan fingerprint density at radius 3 is 2.62 bits per heavy atom. The molecular weight excluding hydrogens is 332 g/mol. The molecule has 0 bridgehead atoms. The van der Waals surface area contributed by atoms with Crippen molar-refractivity contribution in [1.82, 2.24) is 9.88 Å². The Bertz CT molecular complexity index is 812. The predicted molar refractivity (Wildman–Crippen MR) is 97.9 cm³/mol. The summed E-state index contributed by atoms with van der Waals surface area (Å²) in [7, 11) is 1.60. The molecule has 0 spiro atoms. The Hall–Kier alpha value is -2.44. The average Bonchev–Trinajstić information content (AvgIpc) is 2.69. The average molecular weight is 356 g/mol. The summed E-state index contributed by atoms with van der Waals surface area (Å²) in [5.74, 6) is -0.509. The number of hydrogen-bond donors (Lipinski definition) is 2. The largest absolute Gasteiger partial charge is 0.383 e. The topological polar surface area (TPSA) is 80.6 Å². The van der Waals surface area contributed by atoms with Crippen molar-refractivity contribution in [3.05, 3.63) is 70.1 Å². The van der Waals surface area contributed by atoms with E-state index >= 15 is 0 Å². The van der Waals surface area contributed by atoms with Gasteiger partial charge in [0.1, 0.15) is 11.2 Å². The first-order valence-electron chi connectivity index (χ1n) is 8.82. The summed E-state index contributed by atoms with van der Waals surface area (Å²) in [5.41, 5.74) is -0.745. The van der Waals surface area contributed by atoms with Gasteiger partial charge in [0.25, 0.3) is 11.5 Å². The molecule has 0 saturated carbocycles. The predicted octanol–water partition coefficient (Wildman–Crippen LogP) is 1.43. The van der Waals surface area contributed by atoms with Crippen LogP contribution in [0, 0.1) is 5.92 Å². The second kappa shape index (κ2) is 7.85. The molecule has 6 heteroatoms. The fourth-order valence-electron chi connectivity index (χ4n) is 3.46. The lowest BCUT2D eigenvalue weighted by atomic mass is 9.77. The molecule has 1 aromatic carbocycles. The molecule has 1 atom stereocenters. The van der Waals surface area contributed by atoms with Gasteiger partial charge in [-0.3, -0.25) is 9.59 Å². The number of carbonyl (C=O) groups excluding carboxylic acids is 1. The number of nitrogens with one attached hydrogen (secondary N) is 1. The van der Waals surface area contributed by atoms with E-state index in [1.807, 2.05) is 30.3 Å². The van der Waals surface area contributed by atoms with Crippen LogP contribution in [0.25, 0.3) is 0 Å². The van der Waals surface area contributed by atoms with E-state index in [1.165, 1.54) is 10.6 Å². The highest BCUT2D eigenvalue weighted by molar-refractivity contribution is 5.93. The summed E-state index contributed by atoms with van der Waals surface area (Å²) in [6, 6.07) is 12.5. The molecule has 3 rings (SSSR count). The van der Waals surface area contributed by atoms with E-state index in [9.17, 15) is 14.7 Å². The van der Waals surface area contributed by atoms with Crippen molar-refractivity contribution in [2.45, 2.75) is 18.4 Å². The van der Waals surface area contributed by atoms with Gasteiger partial charge in [-0.05, 0) is 36.5 Å². The van der Waals surface area contributed by atoms with Gasteiger partial charge in [-0.1, -0.05) is 30.3 Å². The molecule has 1 aromatic heterocycles. The standard InChI is InChI=1S/C20H24N2O4/c1-22-11-5-8-17(19(22)24)18(23)21-14-20(25,15-6-3-2-4-7-15)16-9-12-26-13-10-16/h2-8,11,16,25H,9-10,12-14H2,1H3,(H,21,23)/t20-/m0/s1. The Morgan fingerprint density at radius 2 is 1.92 bits per heavy atom. The first-order chi connectivity index (χ1) is 12.5. The SMILES string of the molecule is Cn1cccc(C(=O)NC[C@](O)(c2ccccc2)C2CCOCC2)c1=O. The number of aliphatic hydroxyl groups is 1. The van der Waals surface area contributed by atoms with E-state index in [4.69, 9.17) is 4.74 Å². The van der Waals surface area contributed by atoms with Crippen LogP contribution in [-0.2, 0) is 17.4 Å². The van der Waals surface area contributed by atoms with Gasteiger partial charge in [0.05, 0.1) is 6.54 Å². The van der Waals surface area contributed by atoms with Crippen LogP contribution in [0.1, 0.15) is 28.8 Å². The maximum Gasteiger partial charge on any atom is 0.263 e. The second-order valence-corrected chi connectivity index (χ2v) is 6.70. The van der Waals surface area contributed by atoms with E-state index in [0.29, 0.717) is 26.1 Å². The third-order valence-electron chi connectivity index (χ3n) is 5.06. The molecular formula is C20H24N2O4. The molecule has 1 saturated heterocycles. The summed E-state index contributed by atoms with van der Waals surface area (Å²) in [6.07, 6.45) is 3.03. The van der Waals surface area contributed by atoms with Gasteiger partial charge in [-0.15, -0.1) is 0 Å². The number of ether oxygens (including phenoxy) is 1. The number of aryl methyl sites for hydroxylation is 1. The normalized spacial score (nSPS) is 17.5. The van der Waals surface area contributed by atoms with E-state index in [2.05, 4.69) is 5.32 Å². The van der Waals surface area contributed by atoms with Gasteiger partial charge >= 0.3 is 0 Å². The molecule has 1 aliphatic rings. The van der Waals surface area contributed by atoms with Crippen molar-refractivity contribution in [1.29, 1.82) is 0 Å². The molecule has 138 valence electrons. The summed E-state index contributed by atoms with van der Waals surface area (Å²) < 4.78 is 6.77. The van der Waals surface area contributed by atoms with E-state index in [0.717, 1.165) is 5.56 Å². The summed E-state index contributed by atoms with van der Waals surface area (Å²) in [4.78, 5) is 24.6. The number of carbonyl (C=O) groups is 1. The van der Waals surface area contributed by atoms with Crippen LogP contribution in [0.15, 0.2) is 53.5 Å². The highest BCUT2D eigenvalue weighted by Crippen LogP contribution is 2.35. The van der Waals surface area contributed by atoms with Crippen molar-refractivity contribution in [2.24, 2.45) is 13.0 Å². The Balaban J connectivity index is 1.83. The molecule has 1 aliphatic heterocycles. The smallest absolute Gasteiger partial charge is 0.263 e. The fourth-order valence-corrected chi connectivity index (χ4v) is 3.46. The van der Waals surface area contributed by atoms with Gasteiger partial charge in [-0.2, -0.15) is 0 Å². The molecule has 0 aliphatic carbocycles. The maximum atomic E-state index is 12.5. The molecule has 2 N–H and O–H groups in total. The van der Waals surface area contributed by atoms with Crippen LogP contribution in [-0.4, -0.2) is 35.3 Å². The van der Waals surface area contributed by atoms with Crippen LogP contribution in [0.2, 0.25) is 0 Å². The minimum Gasteiger partial charge on any atom is -0.383 e. The molecule has 0 radical (unpaired) electrons. The van der Waals surface area contributed by atoms with Crippen molar-refractivity contribution < 1.29 is 14.6 Å². The molecule has 6 nitrogen and oxygen atoms in total. The van der Waals surface area contributed by atoms with Crippen molar-refractivity contribution in [3.8, 4) is 0 Å². The number of aromatic nitrogens is 1. The number of pyridine rings is 1. The molecule has 1 fully saturated rings. The number of benzene rings is 1. The van der Waals surface area contributed by atoms with Crippen molar-refractivity contribution >= 4 is 5.91 Å². The van der Waals surface area contributed by atoms with Gasteiger partial charge in [-0.25, -0.2) is 0 Å². The lowest BCUT2D eigenvalue weighted by molar-refractivity contribution is -0.0680. The maximum absolute atomic E-state index is 12.5. The molecule has 0 unspecified atom stereocenters. The summed E-state index contributed by atoms with van der Waals surface area (Å²) in [6.45, 7) is 1.22. The first-order valence-corrected chi connectivity index (χ1v) is 8.82. The second-order valence-electron chi connectivity index (χ2n) is 6.70. The van der Waals surface area contributed by atoms with Gasteiger partial charge < -0.3 is 19.7 Å². The van der Waals surface area contributed by atoms with Crippen LogP contribution in [0.4, 0.5) is 0 Å². The highest BCUT2D eigenvalue weighted by Gasteiger charge is 2.39. The van der Waals surface area contributed by atoms with Gasteiger partial charge in [0.15, 0.2) is 0 Å². The van der Waals surface area contributed by atoms with E-state index in [-0.39, 0.29) is 23.6 Å². The highest BCUT2D eigenvalue weighted by atomic mass is 16.5. The first kappa shape index (κ1) is 18.4. The van der Waals surface area contributed by atoms with E-state index < -0.39 is 11.5 Å². The van der Waals surface area contributed by atoms with Gasteiger partial charge in [0.2, 0.25) is 0 Å². The Kier molecular flexibility index (Phi) is 5.54. The zero-order chi connectivity index (χ0) is 18.6. The lowest BCUT2D eigenvalue weighted by Crippen LogP contribution is -2.48.